The maximum atomic E-state index is 13.0. The van der Waals surface area contributed by atoms with Gasteiger partial charge in [0.25, 0.3) is 5.91 Å². The first-order chi connectivity index (χ1) is 14.2. The van der Waals surface area contributed by atoms with Crippen molar-refractivity contribution in [1.29, 1.82) is 0 Å². The third-order valence-corrected chi connectivity index (χ3v) is 6.01. The monoisotopic (exact) mass is 424 g/mol. The van der Waals surface area contributed by atoms with Crippen molar-refractivity contribution in [3.63, 3.8) is 0 Å². The van der Waals surface area contributed by atoms with Crippen LogP contribution >= 0.6 is 0 Å². The van der Waals surface area contributed by atoms with E-state index in [1.165, 1.54) is 14.2 Å². The Hall–Kier alpha value is -3.32. The molecule has 156 valence electrons. The van der Waals surface area contributed by atoms with E-state index in [0.717, 1.165) is 27.3 Å². The zero-order chi connectivity index (χ0) is 21.9. The predicted molar refractivity (Wildman–Crippen MR) is 121 cm³/mol. The highest BCUT2D eigenvalue weighted by Gasteiger charge is 2.20. The van der Waals surface area contributed by atoms with E-state index in [0.29, 0.717) is 22.7 Å². The van der Waals surface area contributed by atoms with Crippen LogP contribution < -0.4 is 14.4 Å². The van der Waals surface area contributed by atoms with E-state index in [1.54, 1.807) is 36.4 Å². The first kappa shape index (κ1) is 21.4. The number of benzene rings is 3. The molecule has 6 nitrogen and oxygen atoms in total. The Labute approximate surface area is 177 Å². The number of ether oxygens (including phenoxy) is 1. The molecule has 0 atom stereocenters. The van der Waals surface area contributed by atoms with Gasteiger partial charge in [-0.15, -0.1) is 0 Å². The van der Waals surface area contributed by atoms with Crippen molar-refractivity contribution in [3.05, 3.63) is 77.9 Å². The summed E-state index contributed by atoms with van der Waals surface area (Å²) in [5.74, 6) is 0.0411. The number of carbonyl (C=O) groups is 1. The van der Waals surface area contributed by atoms with E-state index < -0.39 is 15.9 Å². The molecule has 0 radical (unpaired) electrons. The topological polar surface area (TPSA) is 75.7 Å². The van der Waals surface area contributed by atoms with Crippen LogP contribution in [0.3, 0.4) is 0 Å². The average Bonchev–Trinajstić information content (AvgIpc) is 2.73. The summed E-state index contributed by atoms with van der Waals surface area (Å²) < 4.78 is 30.7. The van der Waals surface area contributed by atoms with Crippen LogP contribution in [0.2, 0.25) is 0 Å². The predicted octanol–water partition coefficient (Wildman–Crippen LogP) is 4.32. The number of hydrogen-bond donors (Lipinski definition) is 1. The number of sulfonamides is 1. The molecule has 0 aliphatic rings. The van der Waals surface area contributed by atoms with Gasteiger partial charge in [-0.25, -0.2) is 8.42 Å². The standard InChI is InChI=1S/C23H24N2O4S/c1-16-9-11-17(12-10-16)18-13-14-21(25(2)30(4,27)28)20(15-18)24-23(26)19-7-5-6-8-22(19)29-3/h5-15H,1-4H3,(H,24,26). The lowest BCUT2D eigenvalue weighted by Gasteiger charge is -2.22. The van der Waals surface area contributed by atoms with E-state index in [1.807, 2.05) is 37.3 Å². The van der Waals surface area contributed by atoms with Crippen LogP contribution in [-0.2, 0) is 10.0 Å². The van der Waals surface area contributed by atoms with E-state index >= 15 is 0 Å². The molecule has 0 unspecified atom stereocenters. The number of carbonyl (C=O) groups excluding carboxylic acids is 1. The molecule has 0 saturated carbocycles. The minimum absolute atomic E-state index is 0.355. The summed E-state index contributed by atoms with van der Waals surface area (Å²) in [7, 11) is -0.571. The van der Waals surface area contributed by atoms with Gasteiger partial charge in [0.05, 0.1) is 30.3 Å². The smallest absolute Gasteiger partial charge is 0.259 e. The van der Waals surface area contributed by atoms with Crippen molar-refractivity contribution < 1.29 is 17.9 Å². The average molecular weight is 425 g/mol. The number of aryl methyl sites for hydroxylation is 1. The third kappa shape index (κ3) is 4.63. The van der Waals surface area contributed by atoms with Gasteiger partial charge in [0.15, 0.2) is 0 Å². The van der Waals surface area contributed by atoms with Crippen molar-refractivity contribution in [2.75, 3.05) is 30.0 Å². The first-order valence-electron chi connectivity index (χ1n) is 9.30. The number of hydrogen-bond acceptors (Lipinski definition) is 4. The number of para-hydroxylation sites is 1. The van der Waals surface area contributed by atoms with Gasteiger partial charge in [-0.1, -0.05) is 48.0 Å². The molecule has 3 rings (SSSR count). The molecular weight excluding hydrogens is 400 g/mol. The fourth-order valence-corrected chi connectivity index (χ4v) is 3.55. The van der Waals surface area contributed by atoms with Gasteiger partial charge in [-0.3, -0.25) is 9.10 Å². The Balaban J connectivity index is 2.07. The molecule has 0 spiro atoms. The van der Waals surface area contributed by atoms with Crippen molar-refractivity contribution in [1.82, 2.24) is 0 Å². The van der Waals surface area contributed by atoms with Gasteiger partial charge in [0.2, 0.25) is 10.0 Å². The summed E-state index contributed by atoms with van der Waals surface area (Å²) in [6, 6.07) is 20.1. The minimum Gasteiger partial charge on any atom is -0.496 e. The Bertz CT molecular complexity index is 1170. The lowest BCUT2D eigenvalue weighted by Crippen LogP contribution is -2.26. The van der Waals surface area contributed by atoms with Crippen LogP contribution in [-0.4, -0.2) is 34.7 Å². The maximum Gasteiger partial charge on any atom is 0.259 e. The molecule has 3 aromatic carbocycles. The zero-order valence-corrected chi connectivity index (χ0v) is 18.2. The molecule has 30 heavy (non-hydrogen) atoms. The highest BCUT2D eigenvalue weighted by molar-refractivity contribution is 7.92. The summed E-state index contributed by atoms with van der Waals surface area (Å²) in [6.07, 6.45) is 1.12. The third-order valence-electron chi connectivity index (χ3n) is 4.82. The highest BCUT2D eigenvalue weighted by atomic mass is 32.2. The lowest BCUT2D eigenvalue weighted by atomic mass is 10.0. The lowest BCUT2D eigenvalue weighted by molar-refractivity contribution is 0.102. The summed E-state index contributed by atoms with van der Waals surface area (Å²) in [6.45, 7) is 2.01. The number of methoxy groups -OCH3 is 1. The molecule has 0 aliphatic heterocycles. The van der Waals surface area contributed by atoms with Crippen molar-refractivity contribution in [2.45, 2.75) is 6.92 Å². The molecule has 1 amide bonds. The van der Waals surface area contributed by atoms with Gasteiger partial charge in [0.1, 0.15) is 5.75 Å². The summed E-state index contributed by atoms with van der Waals surface area (Å²) in [5.41, 5.74) is 4.07. The van der Waals surface area contributed by atoms with Crippen LogP contribution in [0.1, 0.15) is 15.9 Å². The molecule has 3 aromatic rings. The Morgan fingerprint density at radius 1 is 0.967 bits per heavy atom. The number of anilines is 2. The fourth-order valence-electron chi connectivity index (χ4n) is 3.04. The van der Waals surface area contributed by atoms with Crippen molar-refractivity contribution >= 4 is 27.3 Å². The summed E-state index contributed by atoms with van der Waals surface area (Å²) in [5, 5.41) is 2.85. The van der Waals surface area contributed by atoms with Crippen LogP contribution in [0, 0.1) is 6.92 Å². The SMILES string of the molecule is COc1ccccc1C(=O)Nc1cc(-c2ccc(C)cc2)ccc1N(C)S(C)(=O)=O. The fraction of sp³-hybridized carbons (Fsp3) is 0.174. The van der Waals surface area contributed by atoms with Crippen molar-refractivity contribution in [2.24, 2.45) is 0 Å². The first-order valence-corrected chi connectivity index (χ1v) is 11.1. The summed E-state index contributed by atoms with van der Waals surface area (Å²) in [4.78, 5) is 13.0. The maximum absolute atomic E-state index is 13.0. The van der Waals surface area contributed by atoms with Crippen molar-refractivity contribution in [3.8, 4) is 16.9 Å². The van der Waals surface area contributed by atoms with Gasteiger partial charge in [-0.05, 0) is 42.3 Å². The van der Waals surface area contributed by atoms with E-state index in [4.69, 9.17) is 4.74 Å². The molecule has 0 fully saturated rings. The molecule has 0 bridgehead atoms. The van der Waals surface area contributed by atoms with Crippen LogP contribution in [0.5, 0.6) is 5.75 Å². The van der Waals surface area contributed by atoms with Gasteiger partial charge in [-0.2, -0.15) is 0 Å². The van der Waals surface area contributed by atoms with Crippen LogP contribution in [0.15, 0.2) is 66.7 Å². The van der Waals surface area contributed by atoms with Gasteiger partial charge < -0.3 is 10.1 Å². The molecule has 1 N–H and O–H groups in total. The number of nitrogens with one attached hydrogen (secondary N) is 1. The van der Waals surface area contributed by atoms with Gasteiger partial charge in [0, 0.05) is 7.05 Å². The Kier molecular flexibility index (Phi) is 6.12. The largest absolute Gasteiger partial charge is 0.496 e. The highest BCUT2D eigenvalue weighted by Crippen LogP contribution is 2.33. The van der Waals surface area contributed by atoms with E-state index in [-0.39, 0.29) is 0 Å². The zero-order valence-electron chi connectivity index (χ0n) is 17.3. The number of rotatable bonds is 6. The second-order valence-corrected chi connectivity index (χ2v) is 9.00. The molecule has 0 heterocycles. The molecule has 0 aliphatic carbocycles. The van der Waals surface area contributed by atoms with Gasteiger partial charge >= 0.3 is 0 Å². The number of nitrogens with zero attached hydrogens (tertiary/aromatic N) is 1. The molecular formula is C23H24N2O4S. The minimum atomic E-state index is -3.52. The molecule has 0 aromatic heterocycles. The normalized spacial score (nSPS) is 11.1. The van der Waals surface area contributed by atoms with Crippen LogP contribution in [0.4, 0.5) is 11.4 Å². The Morgan fingerprint density at radius 2 is 1.60 bits per heavy atom. The molecule has 7 heteroatoms. The van der Waals surface area contributed by atoms with E-state index in [9.17, 15) is 13.2 Å². The molecule has 0 saturated heterocycles. The quantitative estimate of drug-likeness (QED) is 0.639. The van der Waals surface area contributed by atoms with Crippen LogP contribution in [0.25, 0.3) is 11.1 Å². The Morgan fingerprint density at radius 3 is 2.23 bits per heavy atom. The second-order valence-electron chi connectivity index (χ2n) is 6.98. The summed E-state index contributed by atoms with van der Waals surface area (Å²) >= 11 is 0. The number of amides is 1. The van der Waals surface area contributed by atoms with E-state index in [2.05, 4.69) is 5.32 Å². The second kappa shape index (κ2) is 8.59.